The summed E-state index contributed by atoms with van der Waals surface area (Å²) in [5, 5.41) is 2.64. The van der Waals surface area contributed by atoms with Gasteiger partial charge >= 0.3 is 0 Å². The minimum atomic E-state index is -3.58. The summed E-state index contributed by atoms with van der Waals surface area (Å²) in [6, 6.07) is 9.45. The monoisotopic (exact) mass is 409 g/mol. The molecule has 1 saturated heterocycles. The van der Waals surface area contributed by atoms with Gasteiger partial charge in [0.1, 0.15) is 0 Å². The number of anilines is 2. The standard InChI is InChI=1S/C19H21F2N3O3S/c1-23(15-7-8-17(20)18(21)12-15)13-19(25)22-14-5-4-6-16(11-14)28(26,27)24-9-2-3-10-24/h4-8,11-12H,2-3,9-10,13H2,1H3,(H,22,25). The molecule has 2 aromatic carbocycles. The van der Waals surface area contributed by atoms with Crippen LogP contribution < -0.4 is 10.2 Å². The maximum absolute atomic E-state index is 13.3. The summed E-state index contributed by atoms with van der Waals surface area (Å²) in [7, 11) is -2.01. The van der Waals surface area contributed by atoms with Crippen LogP contribution in [-0.4, -0.2) is 45.3 Å². The lowest BCUT2D eigenvalue weighted by atomic mass is 10.2. The molecule has 1 aliphatic heterocycles. The number of hydrogen-bond acceptors (Lipinski definition) is 4. The molecule has 0 bridgehead atoms. The van der Waals surface area contributed by atoms with Gasteiger partial charge in [0.05, 0.1) is 11.4 Å². The Balaban J connectivity index is 1.68. The average molecular weight is 409 g/mol. The number of sulfonamides is 1. The van der Waals surface area contributed by atoms with Crippen molar-refractivity contribution in [2.24, 2.45) is 0 Å². The number of carbonyl (C=O) groups is 1. The summed E-state index contributed by atoms with van der Waals surface area (Å²) in [5.74, 6) is -2.37. The lowest BCUT2D eigenvalue weighted by molar-refractivity contribution is -0.114. The summed E-state index contributed by atoms with van der Waals surface area (Å²) >= 11 is 0. The van der Waals surface area contributed by atoms with E-state index in [1.165, 1.54) is 27.4 Å². The van der Waals surface area contributed by atoms with E-state index >= 15 is 0 Å². The second-order valence-electron chi connectivity index (χ2n) is 6.64. The Bertz CT molecular complexity index is 976. The number of nitrogens with one attached hydrogen (secondary N) is 1. The summed E-state index contributed by atoms with van der Waals surface area (Å²) < 4.78 is 53.1. The molecule has 1 N–H and O–H groups in total. The molecule has 0 unspecified atom stereocenters. The van der Waals surface area contributed by atoms with Crippen molar-refractivity contribution in [1.82, 2.24) is 4.31 Å². The lowest BCUT2D eigenvalue weighted by Gasteiger charge is -2.19. The molecule has 1 heterocycles. The SMILES string of the molecule is CN(CC(=O)Nc1cccc(S(=O)(=O)N2CCCC2)c1)c1ccc(F)c(F)c1. The number of nitrogens with zero attached hydrogens (tertiary/aromatic N) is 2. The molecule has 6 nitrogen and oxygen atoms in total. The molecule has 3 rings (SSSR count). The van der Waals surface area contributed by atoms with Crippen molar-refractivity contribution in [2.75, 3.05) is 36.9 Å². The fourth-order valence-corrected chi connectivity index (χ4v) is 4.61. The second kappa shape index (κ2) is 8.24. The Kier molecular flexibility index (Phi) is 5.95. The molecular formula is C19H21F2N3O3S. The Hall–Kier alpha value is -2.52. The van der Waals surface area contributed by atoms with Crippen LogP contribution >= 0.6 is 0 Å². The second-order valence-corrected chi connectivity index (χ2v) is 8.58. The van der Waals surface area contributed by atoms with E-state index in [-0.39, 0.29) is 11.4 Å². The number of rotatable bonds is 6. The molecule has 1 fully saturated rings. The maximum atomic E-state index is 13.3. The van der Waals surface area contributed by atoms with E-state index in [2.05, 4.69) is 5.32 Å². The number of halogens is 2. The van der Waals surface area contributed by atoms with Crippen molar-refractivity contribution in [2.45, 2.75) is 17.7 Å². The Morgan fingerprint density at radius 3 is 2.50 bits per heavy atom. The van der Waals surface area contributed by atoms with E-state index in [1.54, 1.807) is 19.2 Å². The van der Waals surface area contributed by atoms with Crippen molar-refractivity contribution in [1.29, 1.82) is 0 Å². The topological polar surface area (TPSA) is 69.7 Å². The van der Waals surface area contributed by atoms with Gasteiger partial charge in [-0.3, -0.25) is 4.79 Å². The number of carbonyl (C=O) groups excluding carboxylic acids is 1. The van der Waals surface area contributed by atoms with E-state index in [1.807, 2.05) is 0 Å². The molecule has 0 saturated carbocycles. The quantitative estimate of drug-likeness (QED) is 0.797. The summed E-state index contributed by atoms with van der Waals surface area (Å²) in [4.78, 5) is 13.9. The zero-order valence-corrected chi connectivity index (χ0v) is 16.2. The van der Waals surface area contributed by atoms with Gasteiger partial charge in [-0.15, -0.1) is 0 Å². The number of amides is 1. The van der Waals surface area contributed by atoms with Crippen molar-refractivity contribution < 1.29 is 22.0 Å². The third-order valence-corrected chi connectivity index (χ3v) is 6.44. The maximum Gasteiger partial charge on any atom is 0.243 e. The van der Waals surface area contributed by atoms with Crippen molar-refractivity contribution in [3.8, 4) is 0 Å². The van der Waals surface area contributed by atoms with Crippen molar-refractivity contribution in [3.63, 3.8) is 0 Å². The highest BCUT2D eigenvalue weighted by atomic mass is 32.2. The predicted molar refractivity (Wildman–Crippen MR) is 103 cm³/mol. The normalized spacial score (nSPS) is 14.8. The van der Waals surface area contributed by atoms with Gasteiger partial charge in [0.2, 0.25) is 15.9 Å². The molecule has 1 amide bonds. The Labute approximate surface area is 162 Å². The molecule has 9 heteroatoms. The van der Waals surface area contributed by atoms with Crippen LogP contribution in [0.15, 0.2) is 47.4 Å². The van der Waals surface area contributed by atoms with E-state index in [0.717, 1.165) is 25.0 Å². The Morgan fingerprint density at radius 2 is 1.82 bits per heavy atom. The van der Waals surface area contributed by atoms with Gasteiger partial charge in [0.15, 0.2) is 11.6 Å². The minimum Gasteiger partial charge on any atom is -0.365 e. The molecule has 0 atom stereocenters. The number of hydrogen-bond donors (Lipinski definition) is 1. The third-order valence-electron chi connectivity index (χ3n) is 4.55. The van der Waals surface area contributed by atoms with E-state index in [4.69, 9.17) is 0 Å². The molecule has 150 valence electrons. The van der Waals surface area contributed by atoms with Crippen LogP contribution in [0, 0.1) is 11.6 Å². The zero-order valence-electron chi connectivity index (χ0n) is 15.4. The van der Waals surface area contributed by atoms with E-state index < -0.39 is 27.6 Å². The molecule has 0 aromatic heterocycles. The van der Waals surface area contributed by atoms with Crippen LogP contribution in [0.3, 0.4) is 0 Å². The first-order chi connectivity index (χ1) is 13.3. The highest BCUT2D eigenvalue weighted by Gasteiger charge is 2.27. The third kappa shape index (κ3) is 4.48. The minimum absolute atomic E-state index is 0.117. The van der Waals surface area contributed by atoms with Crippen LogP contribution in [0.4, 0.5) is 20.2 Å². The first-order valence-corrected chi connectivity index (χ1v) is 10.3. The Morgan fingerprint density at radius 1 is 1.11 bits per heavy atom. The molecular weight excluding hydrogens is 388 g/mol. The fraction of sp³-hybridized carbons (Fsp3) is 0.316. The highest BCUT2D eigenvalue weighted by molar-refractivity contribution is 7.89. The van der Waals surface area contributed by atoms with Crippen molar-refractivity contribution in [3.05, 3.63) is 54.1 Å². The summed E-state index contributed by atoms with van der Waals surface area (Å²) in [5.41, 5.74) is 0.698. The van der Waals surface area contributed by atoms with Gasteiger partial charge in [-0.1, -0.05) is 6.07 Å². The van der Waals surface area contributed by atoms with E-state index in [9.17, 15) is 22.0 Å². The lowest BCUT2D eigenvalue weighted by Crippen LogP contribution is -2.30. The first-order valence-electron chi connectivity index (χ1n) is 8.83. The largest absolute Gasteiger partial charge is 0.365 e. The fourth-order valence-electron chi connectivity index (χ4n) is 3.04. The number of likely N-dealkylation sites (N-methyl/N-ethyl adjacent to an activating group) is 1. The number of benzene rings is 2. The van der Waals surface area contributed by atoms with Gasteiger partial charge < -0.3 is 10.2 Å². The van der Waals surface area contributed by atoms with Crippen LogP contribution in [0.1, 0.15) is 12.8 Å². The highest BCUT2D eigenvalue weighted by Crippen LogP contribution is 2.23. The van der Waals surface area contributed by atoms with Crippen LogP contribution in [0.5, 0.6) is 0 Å². The first kappa shape index (κ1) is 20.2. The molecule has 1 aliphatic rings. The van der Waals surface area contributed by atoms with Crippen LogP contribution in [0.2, 0.25) is 0 Å². The van der Waals surface area contributed by atoms with Crippen LogP contribution in [0.25, 0.3) is 0 Å². The average Bonchev–Trinajstić information content (AvgIpc) is 3.19. The predicted octanol–water partition coefficient (Wildman–Crippen LogP) is 2.82. The molecule has 2 aromatic rings. The van der Waals surface area contributed by atoms with Gasteiger partial charge in [-0.05, 0) is 43.2 Å². The van der Waals surface area contributed by atoms with Crippen LogP contribution in [-0.2, 0) is 14.8 Å². The van der Waals surface area contributed by atoms with E-state index in [0.29, 0.717) is 24.5 Å². The van der Waals surface area contributed by atoms with Gasteiger partial charge in [-0.2, -0.15) is 4.31 Å². The zero-order chi connectivity index (χ0) is 20.3. The van der Waals surface area contributed by atoms with Gasteiger partial charge in [-0.25, -0.2) is 17.2 Å². The van der Waals surface area contributed by atoms with Gasteiger partial charge in [0, 0.05) is 37.6 Å². The van der Waals surface area contributed by atoms with Gasteiger partial charge in [0.25, 0.3) is 0 Å². The smallest absolute Gasteiger partial charge is 0.243 e. The molecule has 0 aliphatic carbocycles. The molecule has 28 heavy (non-hydrogen) atoms. The molecule has 0 spiro atoms. The molecule has 0 radical (unpaired) electrons. The summed E-state index contributed by atoms with van der Waals surface area (Å²) in [6.45, 7) is 0.879. The summed E-state index contributed by atoms with van der Waals surface area (Å²) in [6.07, 6.45) is 1.68. The van der Waals surface area contributed by atoms with Crippen molar-refractivity contribution >= 4 is 27.3 Å².